The van der Waals surface area contributed by atoms with Crippen LogP contribution in [-0.4, -0.2) is 49.3 Å². The summed E-state index contributed by atoms with van der Waals surface area (Å²) in [6.07, 6.45) is 2.41. The fourth-order valence-electron chi connectivity index (χ4n) is 3.54. The maximum Gasteiger partial charge on any atom is 0.268 e. The third-order valence-corrected chi connectivity index (χ3v) is 5.19. The molecule has 1 atom stereocenters. The molecule has 29 heavy (non-hydrogen) atoms. The summed E-state index contributed by atoms with van der Waals surface area (Å²) >= 11 is 0. The molecule has 0 spiro atoms. The molecule has 1 N–H and O–H groups in total. The molecule has 1 aromatic carbocycles. The van der Waals surface area contributed by atoms with Crippen molar-refractivity contribution in [3.8, 4) is 11.5 Å². The van der Waals surface area contributed by atoms with Crippen molar-refractivity contribution < 1.29 is 19.0 Å². The maximum absolute atomic E-state index is 12.6. The Morgan fingerprint density at radius 3 is 3.00 bits per heavy atom. The highest BCUT2D eigenvalue weighted by Crippen LogP contribution is 2.32. The summed E-state index contributed by atoms with van der Waals surface area (Å²) in [6, 6.07) is 7.21. The zero-order valence-electron chi connectivity index (χ0n) is 16.3. The molecule has 1 fully saturated rings. The standard InChI is InChI=1S/C20H24N4O5/c1-27-7-6-24-19(25)9-16(11-22-24)23-5-4-15(12-23)20(26)21-10-14-2-3-17-18(8-14)29-13-28-17/h2-3,8-9,11,15H,4-7,10,12-13H2,1H3,(H,21,26). The normalized spacial score (nSPS) is 17.6. The molecule has 1 aromatic heterocycles. The van der Waals surface area contributed by atoms with Gasteiger partial charge in [0.2, 0.25) is 12.7 Å². The predicted octanol–water partition coefficient (Wildman–Crippen LogP) is 0.761. The van der Waals surface area contributed by atoms with Gasteiger partial charge in [-0.3, -0.25) is 9.59 Å². The van der Waals surface area contributed by atoms with Gasteiger partial charge in [-0.25, -0.2) is 4.68 Å². The van der Waals surface area contributed by atoms with E-state index in [0.717, 1.165) is 23.4 Å². The summed E-state index contributed by atoms with van der Waals surface area (Å²) in [6.45, 7) is 2.79. The van der Waals surface area contributed by atoms with E-state index >= 15 is 0 Å². The Morgan fingerprint density at radius 2 is 2.17 bits per heavy atom. The highest BCUT2D eigenvalue weighted by molar-refractivity contribution is 5.80. The number of methoxy groups -OCH3 is 1. The highest BCUT2D eigenvalue weighted by atomic mass is 16.7. The zero-order valence-corrected chi connectivity index (χ0v) is 16.3. The number of nitrogens with zero attached hydrogens (tertiary/aromatic N) is 3. The first-order chi connectivity index (χ1) is 14.1. The number of aromatic nitrogens is 2. The molecular formula is C20H24N4O5. The van der Waals surface area contributed by atoms with E-state index in [9.17, 15) is 9.59 Å². The summed E-state index contributed by atoms with van der Waals surface area (Å²) < 4.78 is 17.0. The van der Waals surface area contributed by atoms with Gasteiger partial charge in [-0.05, 0) is 24.1 Å². The number of carbonyl (C=O) groups excluding carboxylic acids is 1. The summed E-state index contributed by atoms with van der Waals surface area (Å²) in [5.74, 6) is 1.31. The van der Waals surface area contributed by atoms with Crippen molar-refractivity contribution in [1.29, 1.82) is 0 Å². The van der Waals surface area contributed by atoms with E-state index in [4.69, 9.17) is 14.2 Å². The third kappa shape index (κ3) is 4.34. The van der Waals surface area contributed by atoms with Crippen LogP contribution in [0.15, 0.2) is 35.3 Å². The molecule has 0 radical (unpaired) electrons. The quantitative estimate of drug-likeness (QED) is 0.733. The summed E-state index contributed by atoms with van der Waals surface area (Å²) in [7, 11) is 1.58. The summed E-state index contributed by atoms with van der Waals surface area (Å²) in [5.41, 5.74) is 1.53. The van der Waals surface area contributed by atoms with Crippen molar-refractivity contribution in [3.05, 3.63) is 46.4 Å². The van der Waals surface area contributed by atoms with E-state index in [1.54, 1.807) is 19.4 Å². The van der Waals surface area contributed by atoms with Crippen LogP contribution in [0.1, 0.15) is 12.0 Å². The number of ether oxygens (including phenoxy) is 3. The number of nitrogens with one attached hydrogen (secondary N) is 1. The summed E-state index contributed by atoms with van der Waals surface area (Å²) in [5, 5.41) is 7.19. The van der Waals surface area contributed by atoms with Gasteiger partial charge in [-0.15, -0.1) is 0 Å². The lowest BCUT2D eigenvalue weighted by atomic mass is 10.1. The van der Waals surface area contributed by atoms with Crippen LogP contribution in [0.25, 0.3) is 0 Å². The van der Waals surface area contributed by atoms with Gasteiger partial charge >= 0.3 is 0 Å². The van der Waals surface area contributed by atoms with Crippen molar-refractivity contribution >= 4 is 11.6 Å². The Morgan fingerprint density at radius 1 is 1.31 bits per heavy atom. The molecule has 0 aliphatic carbocycles. The molecule has 9 heteroatoms. The molecule has 154 valence electrons. The molecule has 0 saturated carbocycles. The molecule has 1 saturated heterocycles. The van der Waals surface area contributed by atoms with E-state index in [0.29, 0.717) is 38.5 Å². The van der Waals surface area contributed by atoms with Gasteiger partial charge < -0.3 is 24.4 Å². The third-order valence-electron chi connectivity index (χ3n) is 5.19. The Kier molecular flexibility index (Phi) is 5.66. The highest BCUT2D eigenvalue weighted by Gasteiger charge is 2.29. The Bertz CT molecular complexity index is 945. The average Bonchev–Trinajstić information content (AvgIpc) is 3.40. The molecule has 9 nitrogen and oxygen atoms in total. The molecule has 2 aliphatic rings. The number of benzene rings is 1. The Balaban J connectivity index is 1.31. The first-order valence-electron chi connectivity index (χ1n) is 9.61. The van der Waals surface area contributed by atoms with E-state index in [1.165, 1.54) is 4.68 Å². The number of hydrogen-bond donors (Lipinski definition) is 1. The van der Waals surface area contributed by atoms with Gasteiger partial charge in [0.05, 0.1) is 31.0 Å². The first-order valence-corrected chi connectivity index (χ1v) is 9.61. The second kappa shape index (κ2) is 8.52. The van der Waals surface area contributed by atoms with E-state index < -0.39 is 0 Å². The Hall–Kier alpha value is -3.07. The minimum atomic E-state index is -0.171. The Labute approximate surface area is 168 Å². The van der Waals surface area contributed by atoms with Crippen molar-refractivity contribution in [2.45, 2.75) is 19.5 Å². The van der Waals surface area contributed by atoms with Gasteiger partial charge in [-0.2, -0.15) is 5.10 Å². The van der Waals surface area contributed by atoms with Gasteiger partial charge in [0.15, 0.2) is 11.5 Å². The van der Waals surface area contributed by atoms with Crippen molar-refractivity contribution in [1.82, 2.24) is 15.1 Å². The largest absolute Gasteiger partial charge is 0.454 e. The van der Waals surface area contributed by atoms with Gasteiger partial charge in [0, 0.05) is 32.8 Å². The van der Waals surface area contributed by atoms with E-state index in [2.05, 4.69) is 10.4 Å². The number of fused-ring (bicyclic) bond motifs is 1. The van der Waals surface area contributed by atoms with Crippen LogP contribution < -0.4 is 25.2 Å². The smallest absolute Gasteiger partial charge is 0.268 e. The molecule has 2 aliphatic heterocycles. The molecular weight excluding hydrogens is 376 g/mol. The average molecular weight is 400 g/mol. The second-order valence-corrected chi connectivity index (χ2v) is 7.10. The fraction of sp³-hybridized carbons (Fsp3) is 0.450. The van der Waals surface area contributed by atoms with Crippen molar-refractivity contribution in [2.24, 2.45) is 5.92 Å². The first kappa shape index (κ1) is 19.3. The van der Waals surface area contributed by atoms with Gasteiger partial charge in [0.25, 0.3) is 5.56 Å². The number of carbonyl (C=O) groups is 1. The molecule has 4 rings (SSSR count). The van der Waals surface area contributed by atoms with Crippen LogP contribution in [0.3, 0.4) is 0 Å². The number of anilines is 1. The number of amides is 1. The molecule has 2 aromatic rings. The zero-order chi connectivity index (χ0) is 20.2. The minimum Gasteiger partial charge on any atom is -0.454 e. The predicted molar refractivity (Wildman–Crippen MR) is 105 cm³/mol. The van der Waals surface area contributed by atoms with E-state index in [1.807, 2.05) is 23.1 Å². The topological polar surface area (TPSA) is 94.9 Å². The molecule has 1 unspecified atom stereocenters. The maximum atomic E-state index is 12.6. The lowest BCUT2D eigenvalue weighted by molar-refractivity contribution is -0.124. The monoisotopic (exact) mass is 400 g/mol. The lowest BCUT2D eigenvalue weighted by Crippen LogP contribution is -2.33. The van der Waals surface area contributed by atoms with Gasteiger partial charge in [-0.1, -0.05) is 6.07 Å². The molecule has 0 bridgehead atoms. The van der Waals surface area contributed by atoms with Crippen LogP contribution >= 0.6 is 0 Å². The van der Waals surface area contributed by atoms with Gasteiger partial charge in [0.1, 0.15) is 0 Å². The minimum absolute atomic E-state index is 0.00608. The molecule has 1 amide bonds. The van der Waals surface area contributed by atoms with E-state index in [-0.39, 0.29) is 24.2 Å². The van der Waals surface area contributed by atoms with Crippen LogP contribution in [0.4, 0.5) is 5.69 Å². The van der Waals surface area contributed by atoms with Crippen LogP contribution in [0.2, 0.25) is 0 Å². The molecule has 3 heterocycles. The fourth-order valence-corrected chi connectivity index (χ4v) is 3.54. The van der Waals surface area contributed by atoms with Crippen LogP contribution in [0.5, 0.6) is 11.5 Å². The van der Waals surface area contributed by atoms with Crippen LogP contribution in [0, 0.1) is 5.92 Å². The number of rotatable bonds is 7. The lowest BCUT2D eigenvalue weighted by Gasteiger charge is -2.18. The summed E-state index contributed by atoms with van der Waals surface area (Å²) in [4.78, 5) is 26.8. The van der Waals surface area contributed by atoms with Crippen molar-refractivity contribution in [2.75, 3.05) is 38.5 Å². The second-order valence-electron chi connectivity index (χ2n) is 7.10. The van der Waals surface area contributed by atoms with Crippen molar-refractivity contribution in [3.63, 3.8) is 0 Å². The van der Waals surface area contributed by atoms with Crippen LogP contribution in [-0.2, 0) is 22.6 Å². The SMILES string of the molecule is COCCn1ncc(N2CCC(C(=O)NCc3ccc4c(c3)OCO4)C2)cc1=O. The number of hydrogen-bond acceptors (Lipinski definition) is 7.